The summed E-state index contributed by atoms with van der Waals surface area (Å²) in [5, 5.41) is 3.98. The van der Waals surface area contributed by atoms with Crippen LogP contribution in [0.4, 0.5) is 5.69 Å². The summed E-state index contributed by atoms with van der Waals surface area (Å²) in [7, 11) is 0. The Hall–Kier alpha value is -1.61. The largest absolute Gasteiger partial charge is 0.309 e. The van der Waals surface area contributed by atoms with Crippen molar-refractivity contribution < 1.29 is 4.79 Å². The van der Waals surface area contributed by atoms with E-state index >= 15 is 0 Å². The molecule has 0 spiro atoms. The predicted octanol–water partition coefficient (Wildman–Crippen LogP) is 5.62. The van der Waals surface area contributed by atoms with E-state index in [0.717, 1.165) is 5.69 Å². The summed E-state index contributed by atoms with van der Waals surface area (Å²) in [6.07, 6.45) is 4.88. The number of carbonyl (C=O) groups is 1. The smallest absolute Gasteiger partial charge is 0.224 e. The molecule has 3 rings (SSSR count). The molecular weight excluding hydrogens is 332 g/mol. The first-order valence-electron chi connectivity index (χ1n) is 10.6. The van der Waals surface area contributed by atoms with Gasteiger partial charge in [0, 0.05) is 30.7 Å². The van der Waals surface area contributed by atoms with Crippen LogP contribution in [0.2, 0.25) is 0 Å². The van der Waals surface area contributed by atoms with Crippen LogP contribution in [0.15, 0.2) is 35.4 Å². The summed E-state index contributed by atoms with van der Waals surface area (Å²) in [6, 6.07) is 9.52. The molecule has 3 heteroatoms. The number of hydrogen-bond acceptors (Lipinski definition) is 2. The van der Waals surface area contributed by atoms with E-state index in [1.165, 1.54) is 31.2 Å². The second-order valence-electron chi connectivity index (χ2n) is 8.91. The summed E-state index contributed by atoms with van der Waals surface area (Å²) in [4.78, 5) is 14.2. The Bertz CT molecular complexity index is 711. The Balaban J connectivity index is 1.78. The molecule has 148 valence electrons. The number of hydrogen-bond donors (Lipinski definition) is 1. The highest BCUT2D eigenvalue weighted by Crippen LogP contribution is 2.41. The lowest BCUT2D eigenvalue weighted by Crippen LogP contribution is -2.51. The van der Waals surface area contributed by atoms with Gasteiger partial charge in [-0.15, -0.1) is 0 Å². The third-order valence-electron chi connectivity index (χ3n) is 6.99. The van der Waals surface area contributed by atoms with Crippen LogP contribution in [0.25, 0.3) is 0 Å². The summed E-state index contributed by atoms with van der Waals surface area (Å²) >= 11 is 0. The highest BCUT2D eigenvalue weighted by atomic mass is 16.2. The Morgan fingerprint density at radius 3 is 2.33 bits per heavy atom. The minimum absolute atomic E-state index is 0.136. The number of fused-ring (bicyclic) bond motifs is 1. The van der Waals surface area contributed by atoms with E-state index in [1.54, 1.807) is 18.1 Å². The van der Waals surface area contributed by atoms with Crippen LogP contribution in [-0.4, -0.2) is 18.0 Å². The molecule has 1 aliphatic carbocycles. The summed E-state index contributed by atoms with van der Waals surface area (Å²) < 4.78 is 0. The second kappa shape index (κ2) is 8.18. The van der Waals surface area contributed by atoms with E-state index in [1.807, 2.05) is 11.0 Å². The minimum Gasteiger partial charge on any atom is -0.309 e. The number of para-hydroxylation sites is 1. The number of benzene rings is 1. The van der Waals surface area contributed by atoms with Crippen molar-refractivity contribution in [2.24, 2.45) is 11.8 Å². The first kappa shape index (κ1) is 20.1. The Labute approximate surface area is 165 Å². The zero-order chi connectivity index (χ0) is 19.7. The molecule has 2 aliphatic rings. The van der Waals surface area contributed by atoms with Gasteiger partial charge in [0.1, 0.15) is 0 Å². The van der Waals surface area contributed by atoms with Crippen molar-refractivity contribution in [3.8, 4) is 0 Å². The molecule has 1 aromatic carbocycles. The molecule has 0 aromatic heterocycles. The standard InChI is InChI=1S/C24H36N2O/c1-15(2)16(3)20-11-13-21(14-12-20)25-24-17(4)18(5)26(19(6)27)23-10-8-7-9-22(23)24/h7-10,15,17-18,21,24-25H,11-14H2,1-6H3. The van der Waals surface area contributed by atoms with Gasteiger partial charge in [0.2, 0.25) is 5.91 Å². The maximum atomic E-state index is 12.3. The Morgan fingerprint density at radius 2 is 1.74 bits per heavy atom. The Morgan fingerprint density at radius 1 is 1.11 bits per heavy atom. The third-order valence-corrected chi connectivity index (χ3v) is 6.99. The fraction of sp³-hybridized carbons (Fsp3) is 0.625. The second-order valence-corrected chi connectivity index (χ2v) is 8.91. The first-order chi connectivity index (χ1) is 12.8. The number of carbonyl (C=O) groups excluding carboxylic acids is 1. The quantitative estimate of drug-likeness (QED) is 0.702. The lowest BCUT2D eigenvalue weighted by atomic mass is 9.80. The number of rotatable bonds is 3. The fourth-order valence-electron chi connectivity index (χ4n) is 4.87. The van der Waals surface area contributed by atoms with Gasteiger partial charge < -0.3 is 10.2 Å². The van der Waals surface area contributed by atoms with E-state index in [-0.39, 0.29) is 11.9 Å². The minimum atomic E-state index is 0.136. The van der Waals surface area contributed by atoms with Crippen molar-refractivity contribution >= 4 is 11.6 Å². The summed E-state index contributed by atoms with van der Waals surface area (Å²) in [5.74, 6) is 1.18. The maximum Gasteiger partial charge on any atom is 0.224 e. The van der Waals surface area contributed by atoms with Crippen LogP contribution in [0.3, 0.4) is 0 Å². The molecule has 0 radical (unpaired) electrons. The van der Waals surface area contributed by atoms with Crippen molar-refractivity contribution in [2.45, 2.75) is 85.4 Å². The van der Waals surface area contributed by atoms with E-state index in [9.17, 15) is 4.79 Å². The monoisotopic (exact) mass is 368 g/mol. The third kappa shape index (κ3) is 3.99. The number of allylic oxidation sites excluding steroid dienone is 2. The SMILES string of the molecule is CC(=O)N1c2ccccc2C(NC2CCC(=C(C)C(C)C)CC2)C(C)C1C. The van der Waals surface area contributed by atoms with Crippen LogP contribution >= 0.6 is 0 Å². The molecule has 1 heterocycles. The molecule has 3 atom stereocenters. The number of nitrogens with one attached hydrogen (secondary N) is 1. The van der Waals surface area contributed by atoms with Gasteiger partial charge in [0.05, 0.1) is 0 Å². The van der Waals surface area contributed by atoms with Crippen molar-refractivity contribution in [3.05, 3.63) is 41.0 Å². The average Bonchev–Trinajstić information content (AvgIpc) is 2.65. The zero-order valence-electron chi connectivity index (χ0n) is 17.9. The summed E-state index contributed by atoms with van der Waals surface area (Å²) in [6.45, 7) is 13.1. The van der Waals surface area contributed by atoms with Crippen molar-refractivity contribution in [1.82, 2.24) is 5.32 Å². The van der Waals surface area contributed by atoms with Gasteiger partial charge in [-0.25, -0.2) is 0 Å². The highest BCUT2D eigenvalue weighted by Gasteiger charge is 2.38. The van der Waals surface area contributed by atoms with Crippen LogP contribution in [-0.2, 0) is 4.79 Å². The van der Waals surface area contributed by atoms with Crippen LogP contribution < -0.4 is 10.2 Å². The van der Waals surface area contributed by atoms with Gasteiger partial charge in [-0.3, -0.25) is 4.79 Å². The van der Waals surface area contributed by atoms with E-state index in [0.29, 0.717) is 23.9 Å². The number of nitrogens with zero attached hydrogens (tertiary/aromatic N) is 1. The molecule has 0 bridgehead atoms. The van der Waals surface area contributed by atoms with E-state index < -0.39 is 0 Å². The topological polar surface area (TPSA) is 32.3 Å². The van der Waals surface area contributed by atoms with Crippen molar-refractivity contribution in [2.75, 3.05) is 4.90 Å². The van der Waals surface area contributed by atoms with Gasteiger partial charge in [0.15, 0.2) is 0 Å². The van der Waals surface area contributed by atoms with E-state index in [2.05, 4.69) is 58.1 Å². The fourth-order valence-corrected chi connectivity index (χ4v) is 4.87. The van der Waals surface area contributed by atoms with Gasteiger partial charge >= 0.3 is 0 Å². The molecular formula is C24H36N2O. The molecule has 1 amide bonds. The lowest BCUT2D eigenvalue weighted by molar-refractivity contribution is -0.117. The van der Waals surface area contributed by atoms with Crippen LogP contribution in [0.5, 0.6) is 0 Å². The van der Waals surface area contributed by atoms with Crippen molar-refractivity contribution in [3.63, 3.8) is 0 Å². The highest BCUT2D eigenvalue weighted by molar-refractivity contribution is 5.93. The zero-order valence-corrected chi connectivity index (χ0v) is 17.9. The van der Waals surface area contributed by atoms with Gasteiger partial charge in [0.25, 0.3) is 0 Å². The van der Waals surface area contributed by atoms with Gasteiger partial charge in [-0.2, -0.15) is 0 Å². The molecule has 27 heavy (non-hydrogen) atoms. The van der Waals surface area contributed by atoms with E-state index in [4.69, 9.17) is 0 Å². The predicted molar refractivity (Wildman–Crippen MR) is 114 cm³/mol. The molecule has 0 saturated heterocycles. The molecule has 1 N–H and O–H groups in total. The van der Waals surface area contributed by atoms with Crippen LogP contribution in [0, 0.1) is 11.8 Å². The maximum absolute atomic E-state index is 12.3. The molecule has 3 nitrogen and oxygen atoms in total. The molecule has 1 saturated carbocycles. The van der Waals surface area contributed by atoms with Gasteiger partial charge in [-0.05, 0) is 63.0 Å². The van der Waals surface area contributed by atoms with Crippen molar-refractivity contribution in [1.29, 1.82) is 0 Å². The molecule has 1 fully saturated rings. The average molecular weight is 369 g/mol. The number of anilines is 1. The van der Waals surface area contributed by atoms with Crippen LogP contribution in [0.1, 0.15) is 78.8 Å². The normalized spacial score (nSPS) is 28.3. The summed E-state index contributed by atoms with van der Waals surface area (Å²) in [5.41, 5.74) is 5.63. The molecule has 1 aromatic rings. The molecule has 3 unspecified atom stereocenters. The van der Waals surface area contributed by atoms with Gasteiger partial charge in [-0.1, -0.05) is 50.1 Å². The number of amides is 1. The first-order valence-corrected chi connectivity index (χ1v) is 10.6. The molecule has 1 aliphatic heterocycles. The Kier molecular flexibility index (Phi) is 6.10. The lowest BCUT2D eigenvalue weighted by Gasteiger charge is -2.45.